The molecule has 3 unspecified atom stereocenters. The molecule has 1 aromatic carbocycles. The van der Waals surface area contributed by atoms with E-state index in [9.17, 15) is 5.11 Å². The molecule has 3 N–H and O–H groups in total. The molecule has 2 aliphatic heterocycles. The first-order valence-electron chi connectivity index (χ1n) is 7.45. The minimum absolute atomic E-state index is 0.304. The summed E-state index contributed by atoms with van der Waals surface area (Å²) in [5.74, 6) is 0.412. The van der Waals surface area contributed by atoms with Gasteiger partial charge in [0.1, 0.15) is 0 Å². The molecule has 3 heteroatoms. The summed E-state index contributed by atoms with van der Waals surface area (Å²) in [7, 11) is 0. The summed E-state index contributed by atoms with van der Waals surface area (Å²) in [6.07, 6.45) is 4.49. The fraction of sp³-hybridized carbons (Fsp3) is 0.625. The number of hydrogen-bond donors (Lipinski definition) is 2. The fourth-order valence-electron chi connectivity index (χ4n) is 3.88. The second-order valence-corrected chi connectivity index (χ2v) is 6.08. The maximum absolute atomic E-state index is 9.98. The third kappa shape index (κ3) is 2.69. The van der Waals surface area contributed by atoms with E-state index in [-0.39, 0.29) is 6.10 Å². The number of piperidine rings is 1. The summed E-state index contributed by atoms with van der Waals surface area (Å²) in [6, 6.07) is 12.0. The Balaban J connectivity index is 1.67. The topological polar surface area (TPSA) is 49.5 Å². The molecule has 0 spiro atoms. The van der Waals surface area contributed by atoms with Crippen LogP contribution in [0.2, 0.25) is 0 Å². The summed E-state index contributed by atoms with van der Waals surface area (Å²) < 4.78 is 0. The Morgan fingerprint density at radius 2 is 1.79 bits per heavy atom. The minimum Gasteiger partial charge on any atom is -0.392 e. The molecule has 2 fully saturated rings. The number of nitrogens with zero attached hydrogens (tertiary/aromatic N) is 1. The van der Waals surface area contributed by atoms with Gasteiger partial charge in [-0.15, -0.1) is 0 Å². The summed E-state index contributed by atoms with van der Waals surface area (Å²) in [6.45, 7) is 1.46. The molecule has 19 heavy (non-hydrogen) atoms. The van der Waals surface area contributed by atoms with Crippen molar-refractivity contribution in [2.24, 2.45) is 11.7 Å². The van der Waals surface area contributed by atoms with Crippen LogP contribution in [-0.2, 0) is 6.54 Å². The van der Waals surface area contributed by atoms with Crippen LogP contribution < -0.4 is 5.73 Å². The molecule has 2 saturated heterocycles. The SMILES string of the molecule is NCC(O)C1CC2CCC(C1)N2Cc1ccccc1. The summed E-state index contributed by atoms with van der Waals surface area (Å²) in [5.41, 5.74) is 7.01. The average Bonchev–Trinajstić information content (AvgIpc) is 2.69. The van der Waals surface area contributed by atoms with Crippen molar-refractivity contribution in [3.63, 3.8) is 0 Å². The van der Waals surface area contributed by atoms with Gasteiger partial charge in [0.05, 0.1) is 6.10 Å². The lowest BCUT2D eigenvalue weighted by Gasteiger charge is -2.40. The van der Waals surface area contributed by atoms with Crippen LogP contribution >= 0.6 is 0 Å². The summed E-state index contributed by atoms with van der Waals surface area (Å²) in [4.78, 5) is 2.65. The number of rotatable bonds is 4. The molecule has 3 rings (SSSR count). The van der Waals surface area contributed by atoms with Gasteiger partial charge in [0.2, 0.25) is 0 Å². The monoisotopic (exact) mass is 260 g/mol. The van der Waals surface area contributed by atoms with Crippen LogP contribution in [-0.4, -0.2) is 34.7 Å². The highest BCUT2D eigenvalue weighted by Crippen LogP contribution is 2.40. The fourth-order valence-corrected chi connectivity index (χ4v) is 3.88. The van der Waals surface area contributed by atoms with Gasteiger partial charge in [-0.3, -0.25) is 4.90 Å². The van der Waals surface area contributed by atoms with Crippen molar-refractivity contribution < 1.29 is 5.11 Å². The zero-order valence-corrected chi connectivity index (χ0v) is 11.4. The highest BCUT2D eigenvalue weighted by Gasteiger charge is 2.42. The van der Waals surface area contributed by atoms with E-state index >= 15 is 0 Å². The molecular weight excluding hydrogens is 236 g/mol. The third-order valence-electron chi connectivity index (χ3n) is 4.91. The molecule has 3 atom stereocenters. The highest BCUT2D eigenvalue weighted by molar-refractivity contribution is 5.15. The molecule has 3 nitrogen and oxygen atoms in total. The van der Waals surface area contributed by atoms with Gasteiger partial charge in [0.25, 0.3) is 0 Å². The van der Waals surface area contributed by atoms with Gasteiger partial charge in [0.15, 0.2) is 0 Å². The Bertz CT molecular complexity index is 394. The number of aliphatic hydroxyl groups excluding tert-OH is 1. The second kappa shape index (κ2) is 5.61. The Labute approximate surface area is 115 Å². The van der Waals surface area contributed by atoms with Crippen LogP contribution in [0.25, 0.3) is 0 Å². The smallest absolute Gasteiger partial charge is 0.0691 e. The highest BCUT2D eigenvalue weighted by atomic mass is 16.3. The molecule has 2 bridgehead atoms. The number of nitrogens with two attached hydrogens (primary N) is 1. The van der Waals surface area contributed by atoms with Crippen LogP contribution in [0.5, 0.6) is 0 Å². The minimum atomic E-state index is -0.304. The maximum Gasteiger partial charge on any atom is 0.0691 e. The number of hydrogen-bond acceptors (Lipinski definition) is 3. The Morgan fingerprint density at radius 3 is 2.37 bits per heavy atom. The van der Waals surface area contributed by atoms with E-state index < -0.39 is 0 Å². The first-order chi connectivity index (χ1) is 9.28. The van der Waals surface area contributed by atoms with Crippen molar-refractivity contribution in [2.75, 3.05) is 6.54 Å². The quantitative estimate of drug-likeness (QED) is 0.867. The van der Waals surface area contributed by atoms with Gasteiger partial charge in [-0.05, 0) is 37.2 Å². The van der Waals surface area contributed by atoms with Crippen molar-refractivity contribution in [3.05, 3.63) is 35.9 Å². The first-order valence-corrected chi connectivity index (χ1v) is 7.45. The summed E-state index contributed by atoms with van der Waals surface area (Å²) in [5, 5.41) is 9.98. The maximum atomic E-state index is 9.98. The van der Waals surface area contributed by atoms with Gasteiger partial charge in [0, 0.05) is 25.2 Å². The molecule has 0 aliphatic carbocycles. The molecule has 0 aromatic heterocycles. The Hall–Kier alpha value is -0.900. The number of benzene rings is 1. The lowest BCUT2D eigenvalue weighted by Crippen LogP contribution is -2.46. The van der Waals surface area contributed by atoms with Crippen molar-refractivity contribution in [3.8, 4) is 0 Å². The van der Waals surface area contributed by atoms with Crippen LogP contribution in [0.4, 0.5) is 0 Å². The number of fused-ring (bicyclic) bond motifs is 2. The van der Waals surface area contributed by atoms with Crippen molar-refractivity contribution in [2.45, 2.75) is 50.4 Å². The van der Waals surface area contributed by atoms with Crippen LogP contribution in [0.3, 0.4) is 0 Å². The van der Waals surface area contributed by atoms with Crippen molar-refractivity contribution >= 4 is 0 Å². The standard InChI is InChI=1S/C16H24N2O/c17-10-16(19)13-8-14-6-7-15(9-13)18(14)11-12-4-2-1-3-5-12/h1-5,13-16,19H,6-11,17H2. The number of aliphatic hydroxyl groups is 1. The van der Waals surface area contributed by atoms with E-state index in [0.29, 0.717) is 24.5 Å². The molecule has 0 amide bonds. The van der Waals surface area contributed by atoms with Gasteiger partial charge in [-0.2, -0.15) is 0 Å². The predicted octanol–water partition coefficient (Wildman–Crippen LogP) is 1.75. The predicted molar refractivity (Wildman–Crippen MR) is 76.6 cm³/mol. The van der Waals surface area contributed by atoms with Crippen LogP contribution in [0.15, 0.2) is 30.3 Å². The zero-order chi connectivity index (χ0) is 13.2. The van der Waals surface area contributed by atoms with Crippen molar-refractivity contribution in [1.29, 1.82) is 0 Å². The molecule has 1 aromatic rings. The van der Waals surface area contributed by atoms with E-state index in [1.807, 2.05) is 0 Å². The third-order valence-corrected chi connectivity index (χ3v) is 4.91. The van der Waals surface area contributed by atoms with E-state index in [1.54, 1.807) is 0 Å². The lowest BCUT2D eigenvalue weighted by atomic mass is 9.86. The molecule has 0 saturated carbocycles. The largest absolute Gasteiger partial charge is 0.392 e. The van der Waals surface area contributed by atoms with Gasteiger partial charge in [-0.25, -0.2) is 0 Å². The van der Waals surface area contributed by atoms with E-state index in [1.165, 1.54) is 18.4 Å². The van der Waals surface area contributed by atoms with E-state index in [0.717, 1.165) is 19.4 Å². The normalized spacial score (nSPS) is 32.4. The van der Waals surface area contributed by atoms with E-state index in [2.05, 4.69) is 35.2 Å². The second-order valence-electron chi connectivity index (χ2n) is 6.08. The first kappa shape index (κ1) is 13.1. The molecule has 0 radical (unpaired) electrons. The van der Waals surface area contributed by atoms with Crippen molar-refractivity contribution in [1.82, 2.24) is 4.90 Å². The molecule has 2 heterocycles. The van der Waals surface area contributed by atoms with Crippen LogP contribution in [0, 0.1) is 5.92 Å². The molecule has 104 valence electrons. The Kier molecular flexibility index (Phi) is 3.87. The van der Waals surface area contributed by atoms with Gasteiger partial charge < -0.3 is 10.8 Å². The average molecular weight is 260 g/mol. The summed E-state index contributed by atoms with van der Waals surface area (Å²) >= 11 is 0. The molecule has 2 aliphatic rings. The Morgan fingerprint density at radius 1 is 1.16 bits per heavy atom. The van der Waals surface area contributed by atoms with Gasteiger partial charge >= 0.3 is 0 Å². The lowest BCUT2D eigenvalue weighted by molar-refractivity contribution is 0.0262. The van der Waals surface area contributed by atoms with E-state index in [4.69, 9.17) is 5.73 Å². The van der Waals surface area contributed by atoms with Crippen LogP contribution in [0.1, 0.15) is 31.2 Å². The zero-order valence-electron chi connectivity index (χ0n) is 11.4. The van der Waals surface area contributed by atoms with Gasteiger partial charge in [-0.1, -0.05) is 30.3 Å². The molecular formula is C16H24N2O.